The van der Waals surface area contributed by atoms with Crippen LogP contribution < -0.4 is 15.4 Å². The molecule has 0 saturated carbocycles. The second-order valence-electron chi connectivity index (χ2n) is 6.69. The number of hydrogen-bond donors (Lipinski definition) is 2. The first kappa shape index (κ1) is 22.0. The molecular formula is C22H24N2O4S2. The smallest absolute Gasteiger partial charge is 0.341 e. The molecule has 0 bridgehead atoms. The molecule has 1 aliphatic carbocycles. The lowest BCUT2D eigenvalue weighted by Gasteiger charge is -2.12. The largest absolute Gasteiger partial charge is 0.497 e. The molecule has 8 heteroatoms. The molecule has 6 nitrogen and oxygen atoms in total. The van der Waals surface area contributed by atoms with Crippen LogP contribution in [0.25, 0.3) is 6.08 Å². The van der Waals surface area contributed by atoms with Gasteiger partial charge in [-0.15, -0.1) is 11.3 Å². The van der Waals surface area contributed by atoms with Crippen molar-refractivity contribution in [2.75, 3.05) is 19.0 Å². The highest BCUT2D eigenvalue weighted by molar-refractivity contribution is 7.80. The van der Waals surface area contributed by atoms with Crippen LogP contribution in [-0.2, 0) is 22.4 Å². The molecule has 1 amide bonds. The van der Waals surface area contributed by atoms with Gasteiger partial charge in [-0.2, -0.15) is 0 Å². The van der Waals surface area contributed by atoms with Crippen molar-refractivity contribution in [1.29, 1.82) is 0 Å². The van der Waals surface area contributed by atoms with E-state index < -0.39 is 0 Å². The maximum atomic E-state index is 12.5. The minimum atomic E-state index is -0.359. The van der Waals surface area contributed by atoms with Gasteiger partial charge in [-0.1, -0.05) is 12.1 Å². The van der Waals surface area contributed by atoms with Crippen LogP contribution in [0, 0.1) is 0 Å². The SMILES string of the molecule is CCOC(=O)c1c(NC(=S)NC(=O)/C=C\c2ccc(OC)cc2)sc2c1CCCC2. The number of carbonyl (C=O) groups is 2. The summed E-state index contributed by atoms with van der Waals surface area (Å²) < 4.78 is 10.4. The molecule has 1 aliphatic rings. The lowest BCUT2D eigenvalue weighted by atomic mass is 9.95. The van der Waals surface area contributed by atoms with Crippen molar-refractivity contribution < 1.29 is 19.1 Å². The molecule has 1 heterocycles. The van der Waals surface area contributed by atoms with E-state index in [-0.39, 0.29) is 17.0 Å². The minimum Gasteiger partial charge on any atom is -0.497 e. The molecule has 1 aromatic carbocycles. The number of amides is 1. The highest BCUT2D eigenvalue weighted by atomic mass is 32.1. The predicted molar refractivity (Wildman–Crippen MR) is 123 cm³/mol. The lowest BCUT2D eigenvalue weighted by molar-refractivity contribution is -0.115. The Bertz CT molecular complexity index is 964. The second-order valence-corrected chi connectivity index (χ2v) is 8.20. The molecule has 30 heavy (non-hydrogen) atoms. The number of carbonyl (C=O) groups excluding carboxylic acids is 2. The Labute approximate surface area is 185 Å². The first-order chi connectivity index (χ1) is 14.5. The van der Waals surface area contributed by atoms with Crippen molar-refractivity contribution in [2.24, 2.45) is 0 Å². The standard InChI is InChI=1S/C22H24N2O4S2/c1-3-28-21(26)19-16-6-4-5-7-17(16)30-20(19)24-22(29)23-18(25)13-10-14-8-11-15(27-2)12-9-14/h8-13H,3-7H2,1-2H3,(H2,23,24,25,29)/b13-10-. The molecule has 3 rings (SSSR count). The molecule has 0 fully saturated rings. The van der Waals surface area contributed by atoms with E-state index >= 15 is 0 Å². The highest BCUT2D eigenvalue weighted by Gasteiger charge is 2.26. The van der Waals surface area contributed by atoms with Gasteiger partial charge in [-0.3, -0.25) is 10.1 Å². The van der Waals surface area contributed by atoms with E-state index in [9.17, 15) is 9.59 Å². The van der Waals surface area contributed by atoms with Crippen LogP contribution >= 0.6 is 23.6 Å². The molecular weight excluding hydrogens is 420 g/mol. The van der Waals surface area contributed by atoms with Crippen LogP contribution in [0.2, 0.25) is 0 Å². The third-order valence-corrected chi connectivity index (χ3v) is 6.07. The Balaban J connectivity index is 1.66. The van der Waals surface area contributed by atoms with Gasteiger partial charge in [0.1, 0.15) is 10.8 Å². The van der Waals surface area contributed by atoms with Crippen LogP contribution in [0.5, 0.6) is 5.75 Å². The normalized spacial score (nSPS) is 12.9. The number of hydrogen-bond acceptors (Lipinski definition) is 6. The molecule has 2 aromatic rings. The number of fused-ring (bicyclic) bond motifs is 1. The zero-order valence-electron chi connectivity index (χ0n) is 16.9. The number of rotatable bonds is 6. The number of ether oxygens (including phenoxy) is 2. The van der Waals surface area contributed by atoms with Gasteiger partial charge < -0.3 is 14.8 Å². The number of thiophene rings is 1. The Morgan fingerprint density at radius 1 is 1.20 bits per heavy atom. The molecule has 0 atom stereocenters. The van der Waals surface area contributed by atoms with Crippen LogP contribution in [-0.4, -0.2) is 30.7 Å². The van der Waals surface area contributed by atoms with Gasteiger partial charge in [0.2, 0.25) is 5.91 Å². The van der Waals surface area contributed by atoms with E-state index in [0.717, 1.165) is 42.6 Å². The summed E-state index contributed by atoms with van der Waals surface area (Å²) in [7, 11) is 1.60. The van der Waals surface area contributed by atoms with Gasteiger partial charge in [0.25, 0.3) is 0 Å². The van der Waals surface area contributed by atoms with Gasteiger partial charge in [0, 0.05) is 11.0 Å². The average molecular weight is 445 g/mol. The Hall–Kier alpha value is -2.71. The Morgan fingerprint density at radius 3 is 2.63 bits per heavy atom. The minimum absolute atomic E-state index is 0.142. The summed E-state index contributed by atoms with van der Waals surface area (Å²) >= 11 is 6.79. The summed E-state index contributed by atoms with van der Waals surface area (Å²) in [6.07, 6.45) is 7.04. The molecule has 0 aliphatic heterocycles. The van der Waals surface area contributed by atoms with Crippen LogP contribution in [0.4, 0.5) is 5.00 Å². The summed E-state index contributed by atoms with van der Waals surface area (Å²) in [5.74, 6) is 0.0354. The van der Waals surface area contributed by atoms with Crippen molar-refractivity contribution in [3.8, 4) is 5.75 Å². The van der Waals surface area contributed by atoms with Gasteiger partial charge in [0.15, 0.2) is 5.11 Å². The fourth-order valence-electron chi connectivity index (χ4n) is 3.25. The van der Waals surface area contributed by atoms with Crippen molar-refractivity contribution in [3.63, 3.8) is 0 Å². The number of nitrogens with one attached hydrogen (secondary N) is 2. The summed E-state index contributed by atoms with van der Waals surface area (Å²) in [5.41, 5.74) is 2.45. The van der Waals surface area contributed by atoms with Crippen LogP contribution in [0.1, 0.15) is 46.1 Å². The number of aryl methyl sites for hydroxylation is 1. The Kier molecular flexibility index (Phi) is 7.59. The van der Waals surface area contributed by atoms with E-state index in [0.29, 0.717) is 17.2 Å². The Morgan fingerprint density at radius 2 is 1.93 bits per heavy atom. The number of esters is 1. The monoisotopic (exact) mass is 444 g/mol. The quantitative estimate of drug-likeness (QED) is 0.392. The molecule has 0 radical (unpaired) electrons. The van der Waals surface area contributed by atoms with E-state index in [1.807, 2.05) is 24.3 Å². The molecule has 0 saturated heterocycles. The first-order valence-electron chi connectivity index (χ1n) is 9.77. The van der Waals surface area contributed by atoms with Gasteiger partial charge in [-0.05, 0) is 74.2 Å². The van der Waals surface area contributed by atoms with Crippen molar-refractivity contribution in [1.82, 2.24) is 5.32 Å². The van der Waals surface area contributed by atoms with Gasteiger partial charge in [-0.25, -0.2) is 4.79 Å². The number of benzene rings is 1. The third kappa shape index (κ3) is 5.46. The van der Waals surface area contributed by atoms with E-state index in [1.54, 1.807) is 20.1 Å². The zero-order chi connectivity index (χ0) is 21.5. The lowest BCUT2D eigenvalue weighted by Crippen LogP contribution is -2.33. The van der Waals surface area contributed by atoms with Gasteiger partial charge >= 0.3 is 5.97 Å². The number of thiocarbonyl (C=S) groups is 1. The molecule has 0 unspecified atom stereocenters. The summed E-state index contributed by atoms with van der Waals surface area (Å²) in [4.78, 5) is 25.9. The fourth-order valence-corrected chi connectivity index (χ4v) is 4.80. The maximum Gasteiger partial charge on any atom is 0.341 e. The van der Waals surface area contributed by atoms with Crippen molar-refractivity contribution in [3.05, 3.63) is 51.9 Å². The summed E-state index contributed by atoms with van der Waals surface area (Å²) in [5, 5.41) is 6.41. The zero-order valence-corrected chi connectivity index (χ0v) is 18.6. The molecule has 158 valence electrons. The van der Waals surface area contributed by atoms with Gasteiger partial charge in [0.05, 0.1) is 19.3 Å². The molecule has 2 N–H and O–H groups in total. The average Bonchev–Trinajstić information content (AvgIpc) is 3.10. The van der Waals surface area contributed by atoms with E-state index in [4.69, 9.17) is 21.7 Å². The fraction of sp³-hybridized carbons (Fsp3) is 0.318. The number of methoxy groups -OCH3 is 1. The van der Waals surface area contributed by atoms with Crippen molar-refractivity contribution in [2.45, 2.75) is 32.6 Å². The van der Waals surface area contributed by atoms with Crippen LogP contribution in [0.15, 0.2) is 30.3 Å². The first-order valence-corrected chi connectivity index (χ1v) is 11.0. The maximum absolute atomic E-state index is 12.5. The molecule has 1 aromatic heterocycles. The van der Waals surface area contributed by atoms with E-state index in [1.165, 1.54) is 22.3 Å². The second kappa shape index (κ2) is 10.4. The highest BCUT2D eigenvalue weighted by Crippen LogP contribution is 2.38. The van der Waals surface area contributed by atoms with Crippen molar-refractivity contribution >= 4 is 51.6 Å². The summed E-state index contributed by atoms with van der Waals surface area (Å²) in [6, 6.07) is 7.33. The third-order valence-electron chi connectivity index (χ3n) is 4.66. The summed E-state index contributed by atoms with van der Waals surface area (Å²) in [6.45, 7) is 2.09. The van der Waals surface area contributed by atoms with E-state index in [2.05, 4.69) is 10.6 Å². The topological polar surface area (TPSA) is 76.7 Å². The van der Waals surface area contributed by atoms with Crippen LogP contribution in [0.3, 0.4) is 0 Å². The number of anilines is 1. The predicted octanol–water partition coefficient (Wildman–Crippen LogP) is 4.34. The molecule has 0 spiro atoms.